The minimum Gasteiger partial charge on any atom is -0.170 e. The minimum absolute atomic E-state index is 0.238. The largest absolute Gasteiger partial charge is 0.395 e. The average Bonchev–Trinajstić information content (AvgIpc) is 1.86. The molecule has 1 unspecified atom stereocenters. The van der Waals surface area contributed by atoms with E-state index in [9.17, 15) is 13.2 Å². The standard InChI is InChI=1S/C8H11F3/c1-6-4-2-3-5-7(6)8(9,10)11/h7H,1-5H2. The molecule has 1 atom stereocenters. The molecule has 1 fully saturated rings. The SMILES string of the molecule is C=C1CCCCC1C(F)(F)F. The van der Waals surface area contributed by atoms with Crippen LogP contribution in [-0.2, 0) is 0 Å². The number of hydrogen-bond donors (Lipinski definition) is 0. The summed E-state index contributed by atoms with van der Waals surface area (Å²) in [7, 11) is 0. The predicted octanol–water partition coefficient (Wildman–Crippen LogP) is 3.30. The Labute approximate surface area is 64.1 Å². The second-order valence-electron chi connectivity index (χ2n) is 3.00. The fraction of sp³-hybridized carbons (Fsp3) is 0.750. The maximum Gasteiger partial charge on any atom is 0.395 e. The molecular formula is C8H11F3. The summed E-state index contributed by atoms with van der Waals surface area (Å²) in [5.41, 5.74) is 0.365. The summed E-state index contributed by atoms with van der Waals surface area (Å²) in [6.45, 7) is 3.44. The van der Waals surface area contributed by atoms with Gasteiger partial charge in [-0.1, -0.05) is 18.6 Å². The maximum absolute atomic E-state index is 12.1. The van der Waals surface area contributed by atoms with Crippen molar-refractivity contribution in [3.05, 3.63) is 12.2 Å². The van der Waals surface area contributed by atoms with Crippen LogP contribution in [-0.4, -0.2) is 6.18 Å². The van der Waals surface area contributed by atoms with E-state index in [0.29, 0.717) is 18.4 Å². The van der Waals surface area contributed by atoms with Gasteiger partial charge in [0, 0.05) is 0 Å². The first-order valence-electron chi connectivity index (χ1n) is 3.76. The van der Waals surface area contributed by atoms with Crippen LogP contribution in [0.5, 0.6) is 0 Å². The van der Waals surface area contributed by atoms with Gasteiger partial charge in [-0.15, -0.1) is 0 Å². The second kappa shape index (κ2) is 2.88. The van der Waals surface area contributed by atoms with E-state index in [1.165, 1.54) is 0 Å². The van der Waals surface area contributed by atoms with Crippen molar-refractivity contribution in [2.75, 3.05) is 0 Å². The maximum atomic E-state index is 12.1. The summed E-state index contributed by atoms with van der Waals surface area (Å²) < 4.78 is 36.4. The van der Waals surface area contributed by atoms with E-state index >= 15 is 0 Å². The Bertz CT molecular complexity index is 157. The average molecular weight is 164 g/mol. The van der Waals surface area contributed by atoms with E-state index in [2.05, 4.69) is 6.58 Å². The van der Waals surface area contributed by atoms with E-state index in [1.54, 1.807) is 0 Å². The van der Waals surface area contributed by atoms with Crippen molar-refractivity contribution in [2.45, 2.75) is 31.9 Å². The number of alkyl halides is 3. The molecule has 1 aliphatic rings. The quantitative estimate of drug-likeness (QED) is 0.482. The van der Waals surface area contributed by atoms with Gasteiger partial charge in [0.1, 0.15) is 0 Å². The Morgan fingerprint density at radius 1 is 1.27 bits per heavy atom. The first kappa shape index (κ1) is 8.62. The molecule has 0 spiro atoms. The van der Waals surface area contributed by atoms with E-state index in [4.69, 9.17) is 0 Å². The number of rotatable bonds is 0. The Kier molecular flexibility index (Phi) is 2.25. The zero-order valence-corrected chi connectivity index (χ0v) is 6.25. The molecule has 1 saturated carbocycles. The fourth-order valence-corrected chi connectivity index (χ4v) is 1.47. The van der Waals surface area contributed by atoms with Crippen molar-refractivity contribution in [3.8, 4) is 0 Å². The smallest absolute Gasteiger partial charge is 0.170 e. The molecule has 0 aliphatic heterocycles. The highest BCUT2D eigenvalue weighted by Crippen LogP contribution is 2.39. The van der Waals surface area contributed by atoms with Gasteiger partial charge in [-0.3, -0.25) is 0 Å². The zero-order chi connectivity index (χ0) is 8.48. The van der Waals surface area contributed by atoms with Crippen LogP contribution in [0.4, 0.5) is 13.2 Å². The molecule has 0 N–H and O–H groups in total. The number of halogens is 3. The molecule has 64 valence electrons. The van der Waals surface area contributed by atoms with Crippen LogP contribution in [0.1, 0.15) is 25.7 Å². The topological polar surface area (TPSA) is 0 Å². The van der Waals surface area contributed by atoms with Gasteiger partial charge in [0.15, 0.2) is 0 Å². The van der Waals surface area contributed by atoms with Crippen LogP contribution in [0, 0.1) is 5.92 Å². The van der Waals surface area contributed by atoms with Gasteiger partial charge in [-0.2, -0.15) is 13.2 Å². The van der Waals surface area contributed by atoms with Gasteiger partial charge in [-0.25, -0.2) is 0 Å². The normalized spacial score (nSPS) is 27.2. The lowest BCUT2D eigenvalue weighted by molar-refractivity contribution is -0.168. The molecule has 0 aromatic carbocycles. The zero-order valence-electron chi connectivity index (χ0n) is 6.25. The van der Waals surface area contributed by atoms with Crippen molar-refractivity contribution in [2.24, 2.45) is 5.92 Å². The lowest BCUT2D eigenvalue weighted by Crippen LogP contribution is -2.26. The molecule has 3 heteroatoms. The third-order valence-electron chi connectivity index (χ3n) is 2.13. The molecule has 1 rings (SSSR count). The predicted molar refractivity (Wildman–Crippen MR) is 37.2 cm³/mol. The van der Waals surface area contributed by atoms with Crippen LogP contribution in [0.25, 0.3) is 0 Å². The Hall–Kier alpha value is -0.470. The minimum atomic E-state index is -4.06. The Morgan fingerprint density at radius 2 is 1.91 bits per heavy atom. The third kappa shape index (κ3) is 1.98. The first-order chi connectivity index (χ1) is 5.02. The third-order valence-corrected chi connectivity index (χ3v) is 2.13. The fourth-order valence-electron chi connectivity index (χ4n) is 1.47. The van der Waals surface area contributed by atoms with Gasteiger partial charge in [0.25, 0.3) is 0 Å². The summed E-state index contributed by atoms with van der Waals surface area (Å²) in [5, 5.41) is 0. The van der Waals surface area contributed by atoms with Crippen molar-refractivity contribution in [3.63, 3.8) is 0 Å². The number of allylic oxidation sites excluding steroid dienone is 1. The summed E-state index contributed by atoms with van der Waals surface area (Å²) >= 11 is 0. The van der Waals surface area contributed by atoms with Crippen molar-refractivity contribution >= 4 is 0 Å². The van der Waals surface area contributed by atoms with Gasteiger partial charge < -0.3 is 0 Å². The number of hydrogen-bond acceptors (Lipinski definition) is 0. The highest BCUT2D eigenvalue weighted by Gasteiger charge is 2.41. The molecule has 11 heavy (non-hydrogen) atoms. The summed E-state index contributed by atoms with van der Waals surface area (Å²) in [6.07, 6.45) is -1.72. The van der Waals surface area contributed by atoms with E-state index in [1.807, 2.05) is 0 Å². The molecule has 0 bridgehead atoms. The van der Waals surface area contributed by atoms with Crippen LogP contribution in [0.15, 0.2) is 12.2 Å². The second-order valence-corrected chi connectivity index (χ2v) is 3.00. The van der Waals surface area contributed by atoms with Crippen molar-refractivity contribution in [1.29, 1.82) is 0 Å². The molecular weight excluding hydrogens is 153 g/mol. The molecule has 0 saturated heterocycles. The summed E-state index contributed by atoms with van der Waals surface area (Å²) in [4.78, 5) is 0. The Balaban J connectivity index is 2.62. The van der Waals surface area contributed by atoms with Gasteiger partial charge >= 0.3 is 6.18 Å². The van der Waals surface area contributed by atoms with E-state index in [0.717, 1.165) is 6.42 Å². The van der Waals surface area contributed by atoms with Gasteiger partial charge in [0.05, 0.1) is 5.92 Å². The van der Waals surface area contributed by atoms with Crippen molar-refractivity contribution < 1.29 is 13.2 Å². The van der Waals surface area contributed by atoms with Crippen LogP contribution < -0.4 is 0 Å². The van der Waals surface area contributed by atoms with Gasteiger partial charge in [-0.05, 0) is 19.3 Å². The highest BCUT2D eigenvalue weighted by atomic mass is 19.4. The van der Waals surface area contributed by atoms with Crippen LogP contribution >= 0.6 is 0 Å². The highest BCUT2D eigenvalue weighted by molar-refractivity contribution is 5.05. The molecule has 0 heterocycles. The van der Waals surface area contributed by atoms with Crippen LogP contribution in [0.2, 0.25) is 0 Å². The lowest BCUT2D eigenvalue weighted by Gasteiger charge is -2.26. The lowest BCUT2D eigenvalue weighted by atomic mass is 9.85. The monoisotopic (exact) mass is 164 g/mol. The molecule has 0 amide bonds. The van der Waals surface area contributed by atoms with Crippen LogP contribution in [0.3, 0.4) is 0 Å². The Morgan fingerprint density at radius 3 is 2.27 bits per heavy atom. The molecule has 0 radical (unpaired) electrons. The molecule has 0 aromatic heterocycles. The molecule has 0 nitrogen and oxygen atoms in total. The summed E-state index contributed by atoms with van der Waals surface area (Å²) in [6, 6.07) is 0. The van der Waals surface area contributed by atoms with Crippen molar-refractivity contribution in [1.82, 2.24) is 0 Å². The van der Waals surface area contributed by atoms with Gasteiger partial charge in [0.2, 0.25) is 0 Å². The molecule has 1 aliphatic carbocycles. The molecule has 0 aromatic rings. The van der Waals surface area contributed by atoms with E-state index in [-0.39, 0.29) is 6.42 Å². The summed E-state index contributed by atoms with van der Waals surface area (Å²) in [5.74, 6) is -1.23. The first-order valence-corrected chi connectivity index (χ1v) is 3.76. The van der Waals surface area contributed by atoms with E-state index < -0.39 is 12.1 Å².